The fourth-order valence-corrected chi connectivity index (χ4v) is 3.03. The van der Waals surface area contributed by atoms with Crippen molar-refractivity contribution in [1.82, 2.24) is 9.78 Å². The number of nitrogens with one attached hydrogen (secondary N) is 1. The first-order valence-electron chi connectivity index (χ1n) is 7.91. The van der Waals surface area contributed by atoms with E-state index in [0.29, 0.717) is 28.6 Å². The van der Waals surface area contributed by atoms with E-state index in [4.69, 9.17) is 21.1 Å². The molecular formula is C17H20ClN3O3. The maximum absolute atomic E-state index is 12.3. The third kappa shape index (κ3) is 4.07. The zero-order valence-electron chi connectivity index (χ0n) is 13.5. The predicted octanol–water partition coefficient (Wildman–Crippen LogP) is 2.91. The number of anilines is 1. The van der Waals surface area contributed by atoms with E-state index < -0.39 is 0 Å². The van der Waals surface area contributed by atoms with Crippen molar-refractivity contribution in [2.24, 2.45) is 0 Å². The second kappa shape index (κ2) is 7.68. The van der Waals surface area contributed by atoms with Crippen LogP contribution in [0.15, 0.2) is 30.6 Å². The summed E-state index contributed by atoms with van der Waals surface area (Å²) in [6.07, 6.45) is 5.93. The molecule has 3 rings (SSSR count). The van der Waals surface area contributed by atoms with Gasteiger partial charge in [0.15, 0.2) is 0 Å². The van der Waals surface area contributed by atoms with Crippen LogP contribution in [-0.4, -0.2) is 35.5 Å². The van der Waals surface area contributed by atoms with E-state index in [1.807, 2.05) is 6.20 Å². The molecule has 1 aromatic carbocycles. The summed E-state index contributed by atoms with van der Waals surface area (Å²) < 4.78 is 12.6. The molecule has 7 heteroatoms. The minimum absolute atomic E-state index is 0.139. The molecule has 1 N–H and O–H groups in total. The van der Waals surface area contributed by atoms with Gasteiger partial charge >= 0.3 is 0 Å². The van der Waals surface area contributed by atoms with Gasteiger partial charge in [-0.2, -0.15) is 5.10 Å². The number of rotatable bonds is 6. The number of carbonyl (C=O) groups excluding carboxylic acids is 1. The number of benzene rings is 1. The molecule has 0 spiro atoms. The third-order valence-electron chi connectivity index (χ3n) is 3.96. The Morgan fingerprint density at radius 3 is 3.17 bits per heavy atom. The maximum atomic E-state index is 12.3. The molecule has 1 aromatic heterocycles. The van der Waals surface area contributed by atoms with Crippen molar-refractivity contribution in [3.8, 4) is 5.75 Å². The molecule has 0 saturated carbocycles. The number of aromatic nitrogens is 2. The Kier molecular flexibility index (Phi) is 5.37. The number of halogens is 1. The molecule has 2 aromatic rings. The summed E-state index contributed by atoms with van der Waals surface area (Å²) in [4.78, 5) is 12.3. The summed E-state index contributed by atoms with van der Waals surface area (Å²) in [6, 6.07) is 5.32. The molecule has 0 bridgehead atoms. The Hall–Kier alpha value is -2.05. The van der Waals surface area contributed by atoms with Crippen LogP contribution in [0, 0.1) is 0 Å². The predicted molar refractivity (Wildman–Crippen MR) is 91.5 cm³/mol. The van der Waals surface area contributed by atoms with Gasteiger partial charge in [-0.1, -0.05) is 17.7 Å². The molecule has 1 aliphatic rings. The van der Waals surface area contributed by atoms with Gasteiger partial charge in [-0.25, -0.2) is 0 Å². The zero-order chi connectivity index (χ0) is 16.9. The second-order valence-electron chi connectivity index (χ2n) is 5.73. The lowest BCUT2D eigenvalue weighted by molar-refractivity contribution is -0.115. The highest BCUT2D eigenvalue weighted by atomic mass is 35.5. The van der Waals surface area contributed by atoms with Crippen LogP contribution in [0.25, 0.3) is 0 Å². The lowest BCUT2D eigenvalue weighted by Crippen LogP contribution is -2.16. The van der Waals surface area contributed by atoms with Gasteiger partial charge in [0.05, 0.1) is 38.1 Å². The molecule has 2 heterocycles. The summed E-state index contributed by atoms with van der Waals surface area (Å²) >= 11 is 6.16. The van der Waals surface area contributed by atoms with E-state index in [1.165, 1.54) is 0 Å². The molecular weight excluding hydrogens is 330 g/mol. The second-order valence-corrected chi connectivity index (χ2v) is 6.14. The van der Waals surface area contributed by atoms with Gasteiger partial charge in [-0.05, 0) is 25.0 Å². The highest BCUT2D eigenvalue weighted by Gasteiger charge is 2.17. The number of hydrogen-bond acceptors (Lipinski definition) is 4. The molecule has 6 nitrogen and oxygen atoms in total. The number of carbonyl (C=O) groups is 1. The average molecular weight is 350 g/mol. The fourth-order valence-electron chi connectivity index (χ4n) is 2.79. The summed E-state index contributed by atoms with van der Waals surface area (Å²) in [5.41, 5.74) is 1.33. The fraction of sp³-hybridized carbons (Fsp3) is 0.412. The van der Waals surface area contributed by atoms with E-state index in [0.717, 1.165) is 19.4 Å². The van der Waals surface area contributed by atoms with Gasteiger partial charge in [0.1, 0.15) is 5.75 Å². The van der Waals surface area contributed by atoms with Crippen LogP contribution in [-0.2, 0) is 22.5 Å². The largest absolute Gasteiger partial charge is 0.496 e. The highest BCUT2D eigenvalue weighted by Crippen LogP contribution is 2.27. The van der Waals surface area contributed by atoms with Crippen molar-refractivity contribution in [2.75, 3.05) is 19.0 Å². The topological polar surface area (TPSA) is 65.4 Å². The van der Waals surface area contributed by atoms with Crippen LogP contribution in [0.2, 0.25) is 5.02 Å². The molecule has 128 valence electrons. The van der Waals surface area contributed by atoms with Gasteiger partial charge in [-0.15, -0.1) is 0 Å². The van der Waals surface area contributed by atoms with Crippen LogP contribution < -0.4 is 10.1 Å². The van der Waals surface area contributed by atoms with E-state index in [9.17, 15) is 4.79 Å². The molecule has 0 aliphatic carbocycles. The van der Waals surface area contributed by atoms with Crippen LogP contribution in [0.5, 0.6) is 5.75 Å². The molecule has 1 atom stereocenters. The van der Waals surface area contributed by atoms with Gasteiger partial charge in [0.25, 0.3) is 0 Å². The van der Waals surface area contributed by atoms with Gasteiger partial charge in [0.2, 0.25) is 5.91 Å². The zero-order valence-corrected chi connectivity index (χ0v) is 14.3. The Morgan fingerprint density at radius 2 is 2.42 bits per heavy atom. The number of hydrogen-bond donors (Lipinski definition) is 1. The standard InChI is InChI=1S/C17H20ClN3O3/c1-23-16-6-2-5-15(18)14(16)8-17(22)20-12-9-19-21(10-12)11-13-4-3-7-24-13/h2,5-6,9-10,13H,3-4,7-8,11H2,1H3,(H,20,22)/t13-/m1/s1. The molecule has 1 aliphatic heterocycles. The van der Waals surface area contributed by atoms with Crippen molar-refractivity contribution in [1.29, 1.82) is 0 Å². The lowest BCUT2D eigenvalue weighted by Gasteiger charge is -2.10. The first-order valence-corrected chi connectivity index (χ1v) is 8.29. The molecule has 1 saturated heterocycles. The molecule has 24 heavy (non-hydrogen) atoms. The Morgan fingerprint density at radius 1 is 1.54 bits per heavy atom. The Labute approximate surface area is 145 Å². The van der Waals surface area contributed by atoms with Gasteiger partial charge in [-0.3, -0.25) is 9.48 Å². The minimum atomic E-state index is -0.168. The summed E-state index contributed by atoms with van der Waals surface area (Å²) in [6.45, 7) is 1.52. The number of ether oxygens (including phenoxy) is 2. The monoisotopic (exact) mass is 349 g/mol. The van der Waals surface area contributed by atoms with Gasteiger partial charge < -0.3 is 14.8 Å². The van der Waals surface area contributed by atoms with E-state index in [-0.39, 0.29) is 18.4 Å². The maximum Gasteiger partial charge on any atom is 0.229 e. The average Bonchev–Trinajstić information content (AvgIpc) is 3.22. The SMILES string of the molecule is COc1cccc(Cl)c1CC(=O)Nc1cnn(C[C@H]2CCCO2)c1. The third-order valence-corrected chi connectivity index (χ3v) is 4.32. The lowest BCUT2D eigenvalue weighted by atomic mass is 10.1. The van der Waals surface area contributed by atoms with Crippen LogP contribution in [0.3, 0.4) is 0 Å². The smallest absolute Gasteiger partial charge is 0.229 e. The summed E-state index contributed by atoms with van der Waals surface area (Å²) in [5.74, 6) is 0.435. The molecule has 1 fully saturated rings. The quantitative estimate of drug-likeness (QED) is 0.870. The van der Waals surface area contributed by atoms with Crippen molar-refractivity contribution in [3.05, 3.63) is 41.2 Å². The van der Waals surface area contributed by atoms with Crippen LogP contribution in [0.1, 0.15) is 18.4 Å². The Bertz CT molecular complexity index is 711. The van der Waals surface area contributed by atoms with Crippen molar-refractivity contribution >= 4 is 23.2 Å². The van der Waals surface area contributed by atoms with Crippen LogP contribution in [0.4, 0.5) is 5.69 Å². The van der Waals surface area contributed by atoms with Crippen molar-refractivity contribution < 1.29 is 14.3 Å². The van der Waals surface area contributed by atoms with E-state index in [1.54, 1.807) is 36.2 Å². The Balaban J connectivity index is 1.60. The molecule has 1 amide bonds. The summed E-state index contributed by atoms with van der Waals surface area (Å²) in [5, 5.41) is 7.61. The van der Waals surface area contributed by atoms with Crippen LogP contribution >= 0.6 is 11.6 Å². The van der Waals surface area contributed by atoms with E-state index in [2.05, 4.69) is 10.4 Å². The minimum Gasteiger partial charge on any atom is -0.496 e. The van der Waals surface area contributed by atoms with Crippen molar-refractivity contribution in [2.45, 2.75) is 31.9 Å². The first kappa shape index (κ1) is 16.8. The van der Waals surface area contributed by atoms with Gasteiger partial charge in [0, 0.05) is 23.4 Å². The normalized spacial score (nSPS) is 17.0. The number of methoxy groups -OCH3 is 1. The summed E-state index contributed by atoms with van der Waals surface area (Å²) in [7, 11) is 1.56. The molecule has 0 radical (unpaired) electrons. The number of amides is 1. The van der Waals surface area contributed by atoms with Crippen molar-refractivity contribution in [3.63, 3.8) is 0 Å². The number of nitrogens with zero attached hydrogens (tertiary/aromatic N) is 2. The first-order chi connectivity index (χ1) is 11.7. The van der Waals surface area contributed by atoms with E-state index >= 15 is 0 Å². The highest BCUT2D eigenvalue weighted by molar-refractivity contribution is 6.31. The molecule has 0 unspecified atom stereocenters.